The van der Waals surface area contributed by atoms with Gasteiger partial charge in [0.05, 0.1) is 0 Å². The van der Waals surface area contributed by atoms with Gasteiger partial charge in [-0.05, 0) is 71.7 Å². The third-order valence-corrected chi connectivity index (χ3v) is 5.14. The first-order valence-corrected chi connectivity index (χ1v) is 8.65. The van der Waals surface area contributed by atoms with Gasteiger partial charge in [-0.15, -0.1) is 0 Å². The average molecular weight is 285 g/mol. The molecule has 2 aromatic rings. The van der Waals surface area contributed by atoms with Crippen LogP contribution in [0.5, 0.6) is 0 Å². The Kier molecular flexibility index (Phi) is 4.54. The molecule has 1 heterocycles. The van der Waals surface area contributed by atoms with Crippen LogP contribution in [0.3, 0.4) is 0 Å². The molecule has 0 fully saturated rings. The Balaban J connectivity index is 1.84. The van der Waals surface area contributed by atoms with E-state index in [1.54, 1.807) is 22.5 Å². The zero-order valence-corrected chi connectivity index (χ0v) is 13.0. The van der Waals surface area contributed by atoms with Crippen LogP contribution >= 0.6 is 11.3 Å². The van der Waals surface area contributed by atoms with Gasteiger partial charge < -0.3 is 5.32 Å². The van der Waals surface area contributed by atoms with Crippen LogP contribution in [0.25, 0.3) is 0 Å². The third-order valence-electron chi connectivity index (χ3n) is 4.40. The van der Waals surface area contributed by atoms with E-state index in [2.05, 4.69) is 53.3 Å². The fourth-order valence-corrected chi connectivity index (χ4v) is 4.17. The van der Waals surface area contributed by atoms with Crippen molar-refractivity contribution in [1.82, 2.24) is 5.32 Å². The van der Waals surface area contributed by atoms with Crippen LogP contribution < -0.4 is 5.32 Å². The van der Waals surface area contributed by atoms with Crippen molar-refractivity contribution >= 4 is 11.3 Å². The summed E-state index contributed by atoms with van der Waals surface area (Å²) < 4.78 is 0. The van der Waals surface area contributed by atoms with E-state index in [0.717, 1.165) is 13.0 Å². The van der Waals surface area contributed by atoms with Gasteiger partial charge in [0.1, 0.15) is 0 Å². The molecular formula is C18H23NS. The first kappa shape index (κ1) is 13.8. The Bertz CT molecular complexity index is 532. The average Bonchev–Trinajstić information content (AvgIpc) is 2.99. The van der Waals surface area contributed by atoms with E-state index in [-0.39, 0.29) is 0 Å². The second kappa shape index (κ2) is 6.55. The number of rotatable bonds is 5. The standard InChI is InChI=1S/C18H23NS/c1-2-19-18(12-14-10-11-20-13-14)17-9-5-7-15-6-3-4-8-16(15)17/h3-4,6,8,10-11,13,17-19H,2,5,7,9,12H2,1H3. The fourth-order valence-electron chi connectivity index (χ4n) is 3.49. The van der Waals surface area contributed by atoms with E-state index in [9.17, 15) is 0 Å². The molecule has 0 saturated heterocycles. The predicted molar refractivity (Wildman–Crippen MR) is 87.6 cm³/mol. The summed E-state index contributed by atoms with van der Waals surface area (Å²) in [5, 5.41) is 8.21. The molecular weight excluding hydrogens is 262 g/mol. The van der Waals surface area contributed by atoms with Gasteiger partial charge in [-0.1, -0.05) is 31.2 Å². The maximum atomic E-state index is 3.74. The second-order valence-corrected chi connectivity index (χ2v) is 6.48. The number of thiophene rings is 1. The normalized spacial score (nSPS) is 19.6. The number of hydrogen-bond acceptors (Lipinski definition) is 2. The Morgan fingerprint density at radius 1 is 1.30 bits per heavy atom. The number of likely N-dealkylation sites (N-methyl/N-ethyl adjacent to an activating group) is 1. The monoisotopic (exact) mass is 285 g/mol. The highest BCUT2D eigenvalue weighted by atomic mass is 32.1. The molecule has 2 unspecified atom stereocenters. The molecule has 0 aliphatic heterocycles. The number of hydrogen-bond donors (Lipinski definition) is 1. The molecule has 2 atom stereocenters. The largest absolute Gasteiger partial charge is 0.313 e. The van der Waals surface area contributed by atoms with Gasteiger partial charge in [0, 0.05) is 6.04 Å². The number of fused-ring (bicyclic) bond motifs is 1. The van der Waals surface area contributed by atoms with Crippen LogP contribution in [0.2, 0.25) is 0 Å². The quantitative estimate of drug-likeness (QED) is 0.859. The fraction of sp³-hybridized carbons (Fsp3) is 0.444. The molecule has 0 bridgehead atoms. The third kappa shape index (κ3) is 2.97. The van der Waals surface area contributed by atoms with Gasteiger partial charge in [0.25, 0.3) is 0 Å². The van der Waals surface area contributed by atoms with E-state index in [0.29, 0.717) is 12.0 Å². The van der Waals surface area contributed by atoms with Crippen molar-refractivity contribution in [3.05, 3.63) is 57.8 Å². The highest BCUT2D eigenvalue weighted by molar-refractivity contribution is 7.07. The number of nitrogens with one attached hydrogen (secondary N) is 1. The molecule has 2 heteroatoms. The summed E-state index contributed by atoms with van der Waals surface area (Å²) in [6.07, 6.45) is 5.05. The lowest BCUT2D eigenvalue weighted by molar-refractivity contribution is 0.396. The first-order valence-electron chi connectivity index (χ1n) is 7.70. The molecule has 0 spiro atoms. The summed E-state index contributed by atoms with van der Waals surface area (Å²) in [7, 11) is 0. The smallest absolute Gasteiger partial charge is 0.0176 e. The van der Waals surface area contributed by atoms with Crippen LogP contribution in [0.4, 0.5) is 0 Å². The lowest BCUT2D eigenvalue weighted by Crippen LogP contribution is -2.38. The van der Waals surface area contributed by atoms with Crippen LogP contribution in [-0.4, -0.2) is 12.6 Å². The highest BCUT2D eigenvalue weighted by Gasteiger charge is 2.27. The zero-order chi connectivity index (χ0) is 13.8. The van der Waals surface area contributed by atoms with Crippen LogP contribution in [0.15, 0.2) is 41.1 Å². The lowest BCUT2D eigenvalue weighted by Gasteiger charge is -2.33. The molecule has 1 aliphatic carbocycles. The van der Waals surface area contributed by atoms with Crippen molar-refractivity contribution in [3.63, 3.8) is 0 Å². The summed E-state index contributed by atoms with van der Waals surface area (Å²) in [6.45, 7) is 3.27. The van der Waals surface area contributed by atoms with Crippen molar-refractivity contribution in [2.45, 2.75) is 44.6 Å². The van der Waals surface area contributed by atoms with E-state index in [1.807, 2.05) is 0 Å². The Morgan fingerprint density at radius 3 is 3.00 bits per heavy atom. The SMILES string of the molecule is CCNC(Cc1ccsc1)C1CCCc2ccccc21. The molecule has 1 aliphatic rings. The Labute approximate surface area is 126 Å². The zero-order valence-electron chi connectivity index (χ0n) is 12.1. The van der Waals surface area contributed by atoms with Crippen LogP contribution in [0, 0.1) is 0 Å². The minimum absolute atomic E-state index is 0.566. The molecule has 3 rings (SSSR count). The van der Waals surface area contributed by atoms with Crippen molar-refractivity contribution < 1.29 is 0 Å². The van der Waals surface area contributed by atoms with Crippen LogP contribution in [-0.2, 0) is 12.8 Å². The second-order valence-electron chi connectivity index (χ2n) is 5.70. The van der Waals surface area contributed by atoms with Gasteiger partial charge in [0.2, 0.25) is 0 Å². The first-order chi connectivity index (χ1) is 9.88. The molecule has 0 saturated carbocycles. The summed E-state index contributed by atoms with van der Waals surface area (Å²) in [5.74, 6) is 0.666. The van der Waals surface area contributed by atoms with E-state index in [4.69, 9.17) is 0 Å². The van der Waals surface area contributed by atoms with Crippen molar-refractivity contribution in [1.29, 1.82) is 0 Å². The number of aryl methyl sites for hydroxylation is 1. The van der Waals surface area contributed by atoms with Gasteiger partial charge in [-0.25, -0.2) is 0 Å². The Hall–Kier alpha value is -1.12. The summed E-state index contributed by atoms with van der Waals surface area (Å²) >= 11 is 1.80. The Morgan fingerprint density at radius 2 is 2.20 bits per heavy atom. The van der Waals surface area contributed by atoms with Gasteiger partial charge >= 0.3 is 0 Å². The predicted octanol–water partition coefficient (Wildman–Crippen LogP) is 4.39. The molecule has 0 radical (unpaired) electrons. The molecule has 1 aromatic heterocycles. The van der Waals surface area contributed by atoms with Crippen molar-refractivity contribution in [2.24, 2.45) is 0 Å². The topological polar surface area (TPSA) is 12.0 Å². The van der Waals surface area contributed by atoms with Gasteiger partial charge in [0.15, 0.2) is 0 Å². The minimum atomic E-state index is 0.566. The summed E-state index contributed by atoms with van der Waals surface area (Å²) in [6, 6.07) is 11.9. The van der Waals surface area contributed by atoms with E-state index < -0.39 is 0 Å². The van der Waals surface area contributed by atoms with E-state index >= 15 is 0 Å². The van der Waals surface area contributed by atoms with E-state index in [1.165, 1.54) is 24.8 Å². The molecule has 20 heavy (non-hydrogen) atoms. The highest BCUT2D eigenvalue weighted by Crippen LogP contribution is 2.35. The summed E-state index contributed by atoms with van der Waals surface area (Å²) in [4.78, 5) is 0. The molecule has 1 aromatic carbocycles. The van der Waals surface area contributed by atoms with Crippen molar-refractivity contribution in [2.75, 3.05) is 6.54 Å². The van der Waals surface area contributed by atoms with Gasteiger partial charge in [-0.3, -0.25) is 0 Å². The van der Waals surface area contributed by atoms with Crippen molar-refractivity contribution in [3.8, 4) is 0 Å². The maximum absolute atomic E-state index is 3.74. The molecule has 1 N–H and O–H groups in total. The number of benzene rings is 1. The van der Waals surface area contributed by atoms with Crippen LogP contribution in [0.1, 0.15) is 42.4 Å². The minimum Gasteiger partial charge on any atom is -0.313 e. The lowest BCUT2D eigenvalue weighted by atomic mass is 9.77. The van der Waals surface area contributed by atoms with Gasteiger partial charge in [-0.2, -0.15) is 11.3 Å². The summed E-state index contributed by atoms with van der Waals surface area (Å²) in [5.41, 5.74) is 4.63. The molecule has 1 nitrogen and oxygen atoms in total. The maximum Gasteiger partial charge on any atom is 0.0176 e. The molecule has 0 amide bonds. The molecule has 106 valence electrons.